The lowest BCUT2D eigenvalue weighted by molar-refractivity contribution is -0.133. The van der Waals surface area contributed by atoms with Crippen LogP contribution in [0.15, 0.2) is 11.6 Å². The van der Waals surface area contributed by atoms with Crippen molar-refractivity contribution in [2.45, 2.75) is 19.8 Å². The molecular formula is C9H18N4O2. The second-order valence-electron chi connectivity index (χ2n) is 2.91. The van der Waals surface area contributed by atoms with E-state index >= 15 is 0 Å². The van der Waals surface area contributed by atoms with Crippen molar-refractivity contribution in [2.24, 2.45) is 5.73 Å². The van der Waals surface area contributed by atoms with Crippen LogP contribution in [0.25, 0.3) is 0 Å². The number of carbonyl (C=O) groups is 2. The molecule has 0 aromatic carbocycles. The van der Waals surface area contributed by atoms with E-state index in [1.54, 1.807) is 14.1 Å². The Morgan fingerprint density at radius 2 is 1.87 bits per heavy atom. The normalized spacial score (nSPS) is 11.3. The second-order valence-corrected chi connectivity index (χ2v) is 2.91. The van der Waals surface area contributed by atoms with Crippen LogP contribution in [0.1, 0.15) is 19.8 Å². The fraction of sp³-hybridized carbons (Fsp3) is 0.556. The van der Waals surface area contributed by atoms with E-state index in [9.17, 15) is 9.59 Å². The van der Waals surface area contributed by atoms with E-state index in [4.69, 9.17) is 5.73 Å². The Hall–Kier alpha value is -1.40. The van der Waals surface area contributed by atoms with Gasteiger partial charge in [0, 0.05) is 25.7 Å². The third kappa shape index (κ3) is 4.57. The van der Waals surface area contributed by atoms with Gasteiger partial charge in [0.25, 0.3) is 5.91 Å². The molecule has 0 saturated carbocycles. The molecule has 6 heteroatoms. The zero-order chi connectivity index (χ0) is 11.8. The molecule has 0 aliphatic heterocycles. The highest BCUT2D eigenvalue weighted by Crippen LogP contribution is 2.06. The smallest absolute Gasteiger partial charge is 0.278 e. The standard InChI is InChI=1S/C9H18N4O2/c1-4-5-7(6-8(10)14)9(15)13(11-2)12-3/h6,11-12H,4-5H2,1-3H3,(H2,10,14)/b7-6-. The van der Waals surface area contributed by atoms with Crippen molar-refractivity contribution in [1.82, 2.24) is 16.0 Å². The summed E-state index contributed by atoms with van der Waals surface area (Å²) in [6.07, 6.45) is 2.45. The number of rotatable bonds is 6. The lowest BCUT2D eigenvalue weighted by atomic mass is 10.1. The number of primary amides is 1. The van der Waals surface area contributed by atoms with Crippen molar-refractivity contribution >= 4 is 11.8 Å². The summed E-state index contributed by atoms with van der Waals surface area (Å²) in [6, 6.07) is 0. The maximum Gasteiger partial charge on any atom is 0.278 e. The summed E-state index contributed by atoms with van der Waals surface area (Å²) in [5.74, 6) is -0.917. The number of carbonyl (C=O) groups excluding carboxylic acids is 2. The molecule has 0 spiro atoms. The Morgan fingerprint density at radius 3 is 2.20 bits per heavy atom. The molecule has 6 nitrogen and oxygen atoms in total. The van der Waals surface area contributed by atoms with Gasteiger partial charge in [-0.15, -0.1) is 0 Å². The van der Waals surface area contributed by atoms with E-state index in [1.165, 1.54) is 5.12 Å². The molecule has 4 N–H and O–H groups in total. The highest BCUT2D eigenvalue weighted by Gasteiger charge is 2.15. The average molecular weight is 214 g/mol. The molecule has 0 rings (SSSR count). The van der Waals surface area contributed by atoms with E-state index in [1.807, 2.05) is 6.92 Å². The van der Waals surface area contributed by atoms with Gasteiger partial charge in [-0.3, -0.25) is 9.59 Å². The number of nitrogens with zero attached hydrogens (tertiary/aromatic N) is 1. The lowest BCUT2D eigenvalue weighted by Crippen LogP contribution is -2.49. The van der Waals surface area contributed by atoms with Gasteiger partial charge in [0.2, 0.25) is 5.91 Å². The predicted molar refractivity (Wildman–Crippen MR) is 57.2 cm³/mol. The molecule has 0 heterocycles. The Kier molecular flexibility index (Phi) is 6.32. The highest BCUT2D eigenvalue weighted by atomic mass is 16.2. The zero-order valence-electron chi connectivity index (χ0n) is 9.33. The fourth-order valence-electron chi connectivity index (χ4n) is 1.14. The SMILES string of the molecule is CCC/C(=C/C(N)=O)C(=O)N(NC)NC. The molecule has 0 unspecified atom stereocenters. The molecule has 0 aromatic rings. The van der Waals surface area contributed by atoms with Crippen molar-refractivity contribution in [3.63, 3.8) is 0 Å². The Labute approximate surface area is 89.4 Å². The quantitative estimate of drug-likeness (QED) is 0.403. The molecular weight excluding hydrogens is 196 g/mol. The third-order valence-electron chi connectivity index (χ3n) is 1.76. The van der Waals surface area contributed by atoms with E-state index < -0.39 is 5.91 Å². The minimum Gasteiger partial charge on any atom is -0.366 e. The molecule has 0 radical (unpaired) electrons. The third-order valence-corrected chi connectivity index (χ3v) is 1.76. The average Bonchev–Trinajstić information content (AvgIpc) is 2.18. The summed E-state index contributed by atoms with van der Waals surface area (Å²) in [7, 11) is 3.20. The van der Waals surface area contributed by atoms with Crippen molar-refractivity contribution in [2.75, 3.05) is 14.1 Å². The van der Waals surface area contributed by atoms with Crippen LogP contribution in [-0.4, -0.2) is 31.0 Å². The Bertz CT molecular complexity index is 259. The zero-order valence-corrected chi connectivity index (χ0v) is 9.33. The topological polar surface area (TPSA) is 87.5 Å². The van der Waals surface area contributed by atoms with Crippen LogP contribution in [0.2, 0.25) is 0 Å². The van der Waals surface area contributed by atoms with Crippen LogP contribution in [-0.2, 0) is 9.59 Å². The number of hydrogen-bond acceptors (Lipinski definition) is 4. The molecule has 0 aromatic heterocycles. The van der Waals surface area contributed by atoms with Gasteiger partial charge in [-0.05, 0) is 6.42 Å². The summed E-state index contributed by atoms with van der Waals surface area (Å²) < 4.78 is 0. The summed E-state index contributed by atoms with van der Waals surface area (Å²) >= 11 is 0. The molecule has 0 saturated heterocycles. The van der Waals surface area contributed by atoms with E-state index in [0.29, 0.717) is 12.0 Å². The van der Waals surface area contributed by atoms with Gasteiger partial charge in [0.1, 0.15) is 0 Å². The van der Waals surface area contributed by atoms with Gasteiger partial charge < -0.3 is 5.73 Å². The fourth-order valence-corrected chi connectivity index (χ4v) is 1.14. The van der Waals surface area contributed by atoms with Gasteiger partial charge in [-0.1, -0.05) is 13.3 Å². The van der Waals surface area contributed by atoms with E-state index in [2.05, 4.69) is 10.9 Å². The summed E-state index contributed by atoms with van der Waals surface area (Å²) in [5.41, 5.74) is 10.7. The first-order valence-corrected chi connectivity index (χ1v) is 4.76. The highest BCUT2D eigenvalue weighted by molar-refractivity contribution is 6.00. The first-order chi connectivity index (χ1) is 7.06. The number of amides is 2. The minimum absolute atomic E-state index is 0.305. The van der Waals surface area contributed by atoms with Crippen LogP contribution >= 0.6 is 0 Å². The van der Waals surface area contributed by atoms with Crippen LogP contribution in [0.3, 0.4) is 0 Å². The second kappa shape index (κ2) is 6.97. The maximum absolute atomic E-state index is 11.8. The number of nitrogens with two attached hydrogens (primary N) is 1. The van der Waals surface area contributed by atoms with Gasteiger partial charge in [0.05, 0.1) is 0 Å². The van der Waals surface area contributed by atoms with Crippen LogP contribution in [0, 0.1) is 0 Å². The van der Waals surface area contributed by atoms with Crippen molar-refractivity contribution in [3.05, 3.63) is 11.6 Å². The number of hydrogen-bond donors (Lipinski definition) is 3. The largest absolute Gasteiger partial charge is 0.366 e. The van der Waals surface area contributed by atoms with E-state index in [0.717, 1.165) is 12.5 Å². The molecule has 0 aliphatic rings. The Morgan fingerprint density at radius 1 is 1.33 bits per heavy atom. The first kappa shape index (κ1) is 13.6. The summed E-state index contributed by atoms with van der Waals surface area (Å²) in [6.45, 7) is 1.92. The summed E-state index contributed by atoms with van der Waals surface area (Å²) in [5, 5.41) is 1.18. The van der Waals surface area contributed by atoms with Gasteiger partial charge in [-0.2, -0.15) is 0 Å². The first-order valence-electron chi connectivity index (χ1n) is 4.76. The lowest BCUT2D eigenvalue weighted by Gasteiger charge is -2.20. The molecule has 0 fully saturated rings. The minimum atomic E-state index is -0.612. The Balaban J connectivity index is 4.76. The monoisotopic (exact) mass is 214 g/mol. The maximum atomic E-state index is 11.8. The molecule has 15 heavy (non-hydrogen) atoms. The van der Waals surface area contributed by atoms with Crippen molar-refractivity contribution in [3.8, 4) is 0 Å². The summed E-state index contributed by atoms with van der Waals surface area (Å²) in [4.78, 5) is 22.5. The number of nitrogens with one attached hydrogen (secondary N) is 2. The molecule has 2 amide bonds. The molecule has 0 aliphatic carbocycles. The van der Waals surface area contributed by atoms with Crippen LogP contribution in [0.4, 0.5) is 0 Å². The van der Waals surface area contributed by atoms with Crippen LogP contribution < -0.4 is 16.6 Å². The van der Waals surface area contributed by atoms with Gasteiger partial charge in [0.15, 0.2) is 0 Å². The molecule has 0 bridgehead atoms. The molecule has 86 valence electrons. The van der Waals surface area contributed by atoms with E-state index in [-0.39, 0.29) is 5.91 Å². The van der Waals surface area contributed by atoms with Crippen LogP contribution in [0.5, 0.6) is 0 Å². The number of hydrazine groups is 2. The van der Waals surface area contributed by atoms with Crippen molar-refractivity contribution < 1.29 is 9.59 Å². The predicted octanol–water partition coefficient (Wildman–Crippen LogP) is -0.704. The molecule has 0 atom stereocenters. The van der Waals surface area contributed by atoms with Gasteiger partial charge in [-0.25, -0.2) is 16.0 Å². The van der Waals surface area contributed by atoms with Crippen molar-refractivity contribution in [1.29, 1.82) is 0 Å². The van der Waals surface area contributed by atoms with Gasteiger partial charge >= 0.3 is 0 Å².